The maximum absolute atomic E-state index is 11.9. The van der Waals surface area contributed by atoms with Gasteiger partial charge in [0.1, 0.15) is 12.4 Å². The van der Waals surface area contributed by atoms with Crippen LogP contribution in [0.25, 0.3) is 0 Å². The van der Waals surface area contributed by atoms with Crippen LogP contribution in [-0.4, -0.2) is 49.9 Å². The van der Waals surface area contributed by atoms with Crippen molar-refractivity contribution in [2.45, 2.75) is 13.0 Å². The highest BCUT2D eigenvalue weighted by Gasteiger charge is 2.19. The molecule has 19 heavy (non-hydrogen) atoms. The van der Waals surface area contributed by atoms with Crippen LogP contribution >= 0.6 is 0 Å². The van der Waals surface area contributed by atoms with Crippen molar-refractivity contribution in [1.82, 2.24) is 4.90 Å². The maximum Gasteiger partial charge on any atom is 0.248 e. The third kappa shape index (κ3) is 4.54. The highest BCUT2D eigenvalue weighted by atomic mass is 16.5. The largest absolute Gasteiger partial charge is 0.508 e. The maximum atomic E-state index is 11.9. The number of carbonyl (C=O) groups excluding carboxylic acids is 1. The van der Waals surface area contributed by atoms with E-state index in [-0.39, 0.29) is 24.3 Å². The molecule has 0 fully saturated rings. The van der Waals surface area contributed by atoms with Crippen molar-refractivity contribution >= 4 is 5.91 Å². The van der Waals surface area contributed by atoms with Crippen molar-refractivity contribution in [2.75, 3.05) is 34.0 Å². The van der Waals surface area contributed by atoms with Crippen LogP contribution in [0.2, 0.25) is 0 Å². The molecule has 0 aliphatic heterocycles. The normalized spacial score (nSPS) is 12.2. The summed E-state index contributed by atoms with van der Waals surface area (Å²) in [7, 11) is 3.27. The number of ether oxygens (including phenoxy) is 2. The van der Waals surface area contributed by atoms with Crippen molar-refractivity contribution in [2.24, 2.45) is 0 Å². The highest BCUT2D eigenvalue weighted by Crippen LogP contribution is 2.26. The molecule has 0 saturated heterocycles. The fourth-order valence-corrected chi connectivity index (χ4v) is 1.67. The highest BCUT2D eigenvalue weighted by molar-refractivity contribution is 5.77. The molecule has 0 aliphatic rings. The first-order chi connectivity index (χ1) is 9.07. The van der Waals surface area contributed by atoms with E-state index in [1.165, 1.54) is 0 Å². The van der Waals surface area contributed by atoms with Gasteiger partial charge in [0.25, 0.3) is 0 Å². The average Bonchev–Trinajstić information content (AvgIpc) is 2.42. The molecule has 1 aromatic rings. The van der Waals surface area contributed by atoms with Gasteiger partial charge in [-0.2, -0.15) is 0 Å². The van der Waals surface area contributed by atoms with E-state index in [0.29, 0.717) is 13.2 Å². The fraction of sp³-hybridized carbons (Fsp3) is 0.500. The van der Waals surface area contributed by atoms with Crippen LogP contribution < -0.4 is 0 Å². The number of hydrogen-bond donors (Lipinski definition) is 1. The quantitative estimate of drug-likeness (QED) is 0.762. The number of para-hydroxylation sites is 1. The van der Waals surface area contributed by atoms with Crippen molar-refractivity contribution in [1.29, 1.82) is 0 Å². The Kier molecular flexibility index (Phi) is 6.32. The van der Waals surface area contributed by atoms with Gasteiger partial charge in [-0.05, 0) is 13.0 Å². The predicted octanol–water partition coefficient (Wildman–Crippen LogP) is 1.57. The van der Waals surface area contributed by atoms with Crippen LogP contribution in [0, 0.1) is 0 Å². The number of carbonyl (C=O) groups is 1. The van der Waals surface area contributed by atoms with Gasteiger partial charge in [-0.1, -0.05) is 18.2 Å². The molecule has 0 aromatic heterocycles. The number of likely N-dealkylation sites (N-methyl/N-ethyl adjacent to an activating group) is 1. The van der Waals surface area contributed by atoms with Gasteiger partial charge in [-0.15, -0.1) is 0 Å². The lowest BCUT2D eigenvalue weighted by molar-refractivity contribution is -0.137. The molecule has 5 heteroatoms. The predicted molar refractivity (Wildman–Crippen MR) is 72.0 cm³/mol. The van der Waals surface area contributed by atoms with E-state index in [1.54, 1.807) is 37.3 Å². The molecule has 1 aromatic carbocycles. The minimum atomic E-state index is -0.209. The summed E-state index contributed by atoms with van der Waals surface area (Å²) in [5.74, 6) is 0.0572. The standard InChI is InChI=1S/C14H21NO4/c1-11(12-6-4-5-7-13(12)16)15(2)14(17)10-19-9-8-18-3/h4-7,11,16H,8-10H2,1-3H3. The molecule has 0 aliphatic carbocycles. The molecule has 0 saturated carbocycles. The molecular formula is C14H21NO4. The van der Waals surface area contributed by atoms with Crippen LogP contribution in [0.5, 0.6) is 5.75 Å². The lowest BCUT2D eigenvalue weighted by Gasteiger charge is -2.25. The Morgan fingerprint density at radius 2 is 2.05 bits per heavy atom. The summed E-state index contributed by atoms with van der Waals surface area (Å²) in [6.45, 7) is 2.73. The van der Waals surface area contributed by atoms with Crippen LogP contribution in [0.1, 0.15) is 18.5 Å². The lowest BCUT2D eigenvalue weighted by atomic mass is 10.1. The Bertz CT molecular complexity index is 408. The minimum Gasteiger partial charge on any atom is -0.508 e. The monoisotopic (exact) mass is 267 g/mol. The zero-order valence-electron chi connectivity index (χ0n) is 11.6. The second-order valence-corrected chi connectivity index (χ2v) is 4.28. The SMILES string of the molecule is COCCOCC(=O)N(C)C(C)c1ccccc1O. The van der Waals surface area contributed by atoms with E-state index in [0.717, 1.165) is 5.56 Å². The van der Waals surface area contributed by atoms with Gasteiger partial charge in [0.05, 0.1) is 19.3 Å². The first-order valence-electron chi connectivity index (χ1n) is 6.18. The second-order valence-electron chi connectivity index (χ2n) is 4.28. The minimum absolute atomic E-state index is 0.0117. The molecule has 1 atom stereocenters. The first-order valence-corrected chi connectivity index (χ1v) is 6.18. The zero-order valence-corrected chi connectivity index (χ0v) is 11.6. The Balaban J connectivity index is 2.54. The van der Waals surface area contributed by atoms with Gasteiger partial charge >= 0.3 is 0 Å². The molecule has 0 bridgehead atoms. The summed E-state index contributed by atoms with van der Waals surface area (Å²) in [5, 5.41) is 9.77. The molecule has 0 heterocycles. The van der Waals surface area contributed by atoms with Crippen LogP contribution in [0.3, 0.4) is 0 Å². The van der Waals surface area contributed by atoms with Gasteiger partial charge in [-0.3, -0.25) is 4.79 Å². The van der Waals surface area contributed by atoms with Crippen LogP contribution in [0.4, 0.5) is 0 Å². The van der Waals surface area contributed by atoms with E-state index < -0.39 is 0 Å². The van der Waals surface area contributed by atoms with E-state index in [9.17, 15) is 9.90 Å². The average molecular weight is 267 g/mol. The Morgan fingerprint density at radius 1 is 1.37 bits per heavy atom. The number of phenols is 1. The first kappa shape index (κ1) is 15.5. The van der Waals surface area contributed by atoms with Crippen molar-refractivity contribution in [3.63, 3.8) is 0 Å². The van der Waals surface area contributed by atoms with Crippen LogP contribution in [0.15, 0.2) is 24.3 Å². The van der Waals surface area contributed by atoms with E-state index in [2.05, 4.69) is 0 Å². The molecule has 0 spiro atoms. The van der Waals surface area contributed by atoms with Crippen molar-refractivity contribution < 1.29 is 19.4 Å². The fourth-order valence-electron chi connectivity index (χ4n) is 1.67. The van der Waals surface area contributed by atoms with Gasteiger partial charge in [0.15, 0.2) is 0 Å². The summed E-state index contributed by atoms with van der Waals surface area (Å²) < 4.78 is 10.0. The summed E-state index contributed by atoms with van der Waals surface area (Å²) >= 11 is 0. The number of benzene rings is 1. The zero-order chi connectivity index (χ0) is 14.3. The van der Waals surface area contributed by atoms with Gasteiger partial charge < -0.3 is 19.5 Å². The molecule has 1 amide bonds. The molecule has 1 N–H and O–H groups in total. The molecule has 106 valence electrons. The summed E-state index contributed by atoms with van der Waals surface area (Å²) in [5.41, 5.74) is 0.718. The van der Waals surface area contributed by atoms with Gasteiger partial charge in [-0.25, -0.2) is 0 Å². The van der Waals surface area contributed by atoms with Crippen molar-refractivity contribution in [3.8, 4) is 5.75 Å². The molecule has 5 nitrogen and oxygen atoms in total. The van der Waals surface area contributed by atoms with Crippen LogP contribution in [-0.2, 0) is 14.3 Å². The summed E-state index contributed by atoms with van der Waals surface area (Å²) in [6, 6.07) is 6.79. The molecule has 0 radical (unpaired) electrons. The number of aromatic hydroxyl groups is 1. The second kappa shape index (κ2) is 7.76. The van der Waals surface area contributed by atoms with Gasteiger partial charge in [0, 0.05) is 19.7 Å². The van der Waals surface area contributed by atoms with E-state index >= 15 is 0 Å². The number of nitrogens with zero attached hydrogens (tertiary/aromatic N) is 1. The molecular weight excluding hydrogens is 246 g/mol. The van der Waals surface area contributed by atoms with E-state index in [1.807, 2.05) is 13.0 Å². The summed E-state index contributed by atoms with van der Waals surface area (Å²) in [6.07, 6.45) is 0. The Hall–Kier alpha value is -1.59. The number of phenolic OH excluding ortho intramolecular Hbond substituents is 1. The topological polar surface area (TPSA) is 59.0 Å². The smallest absolute Gasteiger partial charge is 0.248 e. The Morgan fingerprint density at radius 3 is 2.68 bits per heavy atom. The number of methoxy groups -OCH3 is 1. The van der Waals surface area contributed by atoms with E-state index in [4.69, 9.17) is 9.47 Å². The number of hydrogen-bond acceptors (Lipinski definition) is 4. The third-order valence-corrected chi connectivity index (χ3v) is 3.02. The van der Waals surface area contributed by atoms with Crippen molar-refractivity contribution in [3.05, 3.63) is 29.8 Å². The Labute approximate surface area is 113 Å². The molecule has 1 unspecified atom stereocenters. The molecule has 1 rings (SSSR count). The van der Waals surface area contributed by atoms with Gasteiger partial charge in [0.2, 0.25) is 5.91 Å². The number of rotatable bonds is 7. The number of amides is 1. The third-order valence-electron chi connectivity index (χ3n) is 3.02. The lowest BCUT2D eigenvalue weighted by Crippen LogP contribution is -2.33. The summed E-state index contributed by atoms with van der Waals surface area (Å²) in [4.78, 5) is 13.5.